The van der Waals surface area contributed by atoms with Crippen LogP contribution in [0.15, 0.2) is 0 Å². The van der Waals surface area contributed by atoms with E-state index in [4.69, 9.17) is 18.0 Å². The van der Waals surface area contributed by atoms with E-state index in [0.29, 0.717) is 12.0 Å². The van der Waals surface area contributed by atoms with E-state index < -0.39 is 0 Å². The lowest BCUT2D eigenvalue weighted by Gasteiger charge is -2.22. The molecule has 2 atom stereocenters. The Morgan fingerprint density at radius 1 is 1.53 bits per heavy atom. The molecule has 5 heteroatoms. The van der Waals surface area contributed by atoms with Crippen molar-refractivity contribution in [2.75, 3.05) is 27.2 Å². The van der Waals surface area contributed by atoms with Crippen LogP contribution in [0, 0.1) is 5.92 Å². The number of likely N-dealkylation sites (N-methyl/N-ethyl adjacent to an activating group) is 1. The molecule has 0 aliphatic carbocycles. The summed E-state index contributed by atoms with van der Waals surface area (Å²) in [6, 6.07) is 0.445. The average molecular weight is 229 g/mol. The fraction of sp³-hybridized carbons (Fsp3) is 0.800. The van der Waals surface area contributed by atoms with Gasteiger partial charge in [0.15, 0.2) is 0 Å². The molecule has 15 heavy (non-hydrogen) atoms. The Morgan fingerprint density at radius 3 is 2.53 bits per heavy atom. The Labute approximate surface area is 96.4 Å². The van der Waals surface area contributed by atoms with Gasteiger partial charge in [-0.2, -0.15) is 0 Å². The largest absolute Gasteiger partial charge is 0.393 e. The average Bonchev–Trinajstić information content (AvgIpc) is 2.46. The molecule has 0 aromatic carbocycles. The van der Waals surface area contributed by atoms with Crippen molar-refractivity contribution in [3.63, 3.8) is 0 Å². The van der Waals surface area contributed by atoms with Gasteiger partial charge in [0.05, 0.1) is 11.4 Å². The number of nitrogens with zero attached hydrogens (tertiary/aromatic N) is 2. The number of nitrogens with two attached hydrogens (primary N) is 1. The molecule has 0 radical (unpaired) electrons. The molecular formula is C10H19N3OS. The summed E-state index contributed by atoms with van der Waals surface area (Å²) in [4.78, 5) is 16.0. The summed E-state index contributed by atoms with van der Waals surface area (Å²) in [6.07, 6.45) is 0.197. The monoisotopic (exact) mass is 229 g/mol. The summed E-state index contributed by atoms with van der Waals surface area (Å²) < 4.78 is 0. The van der Waals surface area contributed by atoms with Crippen LogP contribution in [0.3, 0.4) is 0 Å². The van der Waals surface area contributed by atoms with Gasteiger partial charge in [0.1, 0.15) is 0 Å². The Bertz CT molecular complexity index is 267. The molecule has 0 spiro atoms. The minimum Gasteiger partial charge on any atom is -0.393 e. The van der Waals surface area contributed by atoms with Crippen LogP contribution in [0.4, 0.5) is 0 Å². The molecule has 0 saturated carbocycles. The van der Waals surface area contributed by atoms with Crippen molar-refractivity contribution < 1.29 is 4.79 Å². The van der Waals surface area contributed by atoms with Crippen molar-refractivity contribution in [3.05, 3.63) is 0 Å². The van der Waals surface area contributed by atoms with Crippen molar-refractivity contribution in [3.8, 4) is 0 Å². The molecule has 0 aromatic heterocycles. The van der Waals surface area contributed by atoms with Crippen molar-refractivity contribution in [1.29, 1.82) is 0 Å². The van der Waals surface area contributed by atoms with Crippen molar-refractivity contribution in [1.82, 2.24) is 9.80 Å². The topological polar surface area (TPSA) is 49.6 Å². The quantitative estimate of drug-likeness (QED) is 0.696. The Hall–Kier alpha value is -0.680. The first-order chi connectivity index (χ1) is 6.91. The summed E-state index contributed by atoms with van der Waals surface area (Å²) in [5, 5.41) is 0. The van der Waals surface area contributed by atoms with Crippen LogP contribution in [-0.2, 0) is 4.79 Å². The van der Waals surface area contributed by atoms with Crippen LogP contribution in [0.2, 0.25) is 0 Å². The minimum atomic E-state index is 0.0544. The highest BCUT2D eigenvalue weighted by Crippen LogP contribution is 2.20. The third-order valence-electron chi connectivity index (χ3n) is 2.91. The first-order valence-corrected chi connectivity index (χ1v) is 5.55. The first-order valence-electron chi connectivity index (χ1n) is 5.14. The highest BCUT2D eigenvalue weighted by atomic mass is 32.1. The molecule has 2 N–H and O–H groups in total. The highest BCUT2D eigenvalue weighted by Gasteiger charge is 2.33. The van der Waals surface area contributed by atoms with E-state index in [1.807, 2.05) is 19.0 Å². The second kappa shape index (κ2) is 4.90. The van der Waals surface area contributed by atoms with Gasteiger partial charge in [0, 0.05) is 19.1 Å². The van der Waals surface area contributed by atoms with E-state index in [9.17, 15) is 4.79 Å². The third-order valence-corrected chi connectivity index (χ3v) is 3.06. The SMILES string of the molecule is CC1CN(C(=O)CC(N)=S)CC1N(C)C. The Morgan fingerprint density at radius 2 is 2.13 bits per heavy atom. The van der Waals surface area contributed by atoms with E-state index in [0.717, 1.165) is 13.1 Å². The molecule has 1 amide bonds. The van der Waals surface area contributed by atoms with Crippen LogP contribution in [0.5, 0.6) is 0 Å². The molecule has 1 fully saturated rings. The number of thiocarbonyl (C=S) groups is 1. The lowest BCUT2D eigenvalue weighted by molar-refractivity contribution is -0.129. The fourth-order valence-corrected chi connectivity index (χ4v) is 2.21. The Kier molecular flexibility index (Phi) is 4.04. The molecule has 4 nitrogen and oxygen atoms in total. The maximum Gasteiger partial charge on any atom is 0.229 e. The van der Waals surface area contributed by atoms with Gasteiger partial charge in [-0.05, 0) is 20.0 Å². The molecule has 0 bridgehead atoms. The van der Waals surface area contributed by atoms with Gasteiger partial charge in [-0.3, -0.25) is 4.79 Å². The molecule has 1 aliphatic heterocycles. The molecule has 1 saturated heterocycles. The van der Waals surface area contributed by atoms with Crippen LogP contribution < -0.4 is 5.73 Å². The van der Waals surface area contributed by atoms with Crippen LogP contribution in [-0.4, -0.2) is 53.9 Å². The number of hydrogen-bond donors (Lipinski definition) is 1. The number of amides is 1. The van der Waals surface area contributed by atoms with Gasteiger partial charge in [0.2, 0.25) is 5.91 Å². The molecule has 2 unspecified atom stereocenters. The van der Waals surface area contributed by atoms with Crippen molar-refractivity contribution in [2.45, 2.75) is 19.4 Å². The summed E-state index contributed by atoms with van der Waals surface area (Å²) in [6.45, 7) is 3.76. The van der Waals surface area contributed by atoms with Gasteiger partial charge in [-0.25, -0.2) is 0 Å². The van der Waals surface area contributed by atoms with E-state index in [-0.39, 0.29) is 17.3 Å². The second-order valence-corrected chi connectivity index (χ2v) is 4.97. The normalized spacial score (nSPS) is 26.0. The fourth-order valence-electron chi connectivity index (χ4n) is 2.09. The van der Waals surface area contributed by atoms with Gasteiger partial charge in [-0.15, -0.1) is 0 Å². The standard InChI is InChI=1S/C10H19N3OS/c1-7-5-13(6-8(7)12(2)3)10(14)4-9(11)15/h7-8H,4-6H2,1-3H3,(H2,11,15). The second-order valence-electron chi connectivity index (χ2n) is 4.45. The zero-order valence-electron chi connectivity index (χ0n) is 9.56. The first kappa shape index (κ1) is 12.4. The number of likely N-dealkylation sites (tertiary alicyclic amines) is 1. The van der Waals surface area contributed by atoms with Gasteiger partial charge < -0.3 is 15.5 Å². The third kappa shape index (κ3) is 3.14. The smallest absolute Gasteiger partial charge is 0.229 e. The predicted octanol–water partition coefficient (Wildman–Crippen LogP) is 0.0711. The zero-order valence-corrected chi connectivity index (χ0v) is 10.4. The maximum atomic E-state index is 11.7. The molecule has 1 aliphatic rings. The molecule has 1 rings (SSSR count). The molecule has 86 valence electrons. The van der Waals surface area contributed by atoms with E-state index in [1.165, 1.54) is 0 Å². The number of rotatable bonds is 3. The minimum absolute atomic E-state index is 0.0544. The predicted molar refractivity (Wildman–Crippen MR) is 64.6 cm³/mol. The van der Waals surface area contributed by atoms with E-state index >= 15 is 0 Å². The van der Waals surface area contributed by atoms with Crippen LogP contribution in [0.25, 0.3) is 0 Å². The van der Waals surface area contributed by atoms with Crippen LogP contribution >= 0.6 is 12.2 Å². The number of hydrogen-bond acceptors (Lipinski definition) is 3. The van der Waals surface area contributed by atoms with Crippen molar-refractivity contribution >= 4 is 23.1 Å². The number of carbonyl (C=O) groups excluding carboxylic acids is 1. The molecular weight excluding hydrogens is 210 g/mol. The van der Waals surface area contributed by atoms with Gasteiger partial charge >= 0.3 is 0 Å². The number of carbonyl (C=O) groups is 1. The Balaban J connectivity index is 2.54. The summed E-state index contributed by atoms with van der Waals surface area (Å²) in [5.41, 5.74) is 5.36. The van der Waals surface area contributed by atoms with E-state index in [2.05, 4.69) is 11.8 Å². The highest BCUT2D eigenvalue weighted by molar-refractivity contribution is 7.80. The summed E-state index contributed by atoms with van der Waals surface area (Å²) >= 11 is 4.74. The lowest BCUT2D eigenvalue weighted by atomic mass is 10.1. The maximum absolute atomic E-state index is 11.7. The zero-order chi connectivity index (χ0) is 11.6. The van der Waals surface area contributed by atoms with Crippen molar-refractivity contribution in [2.24, 2.45) is 11.7 Å². The molecule has 1 heterocycles. The summed E-state index contributed by atoms with van der Waals surface area (Å²) in [5.74, 6) is 0.564. The lowest BCUT2D eigenvalue weighted by Crippen LogP contribution is -2.36. The van der Waals surface area contributed by atoms with Gasteiger partial charge in [-0.1, -0.05) is 19.1 Å². The van der Waals surface area contributed by atoms with Gasteiger partial charge in [0.25, 0.3) is 0 Å². The van der Waals surface area contributed by atoms with E-state index in [1.54, 1.807) is 0 Å². The summed E-state index contributed by atoms with van der Waals surface area (Å²) in [7, 11) is 4.09. The van der Waals surface area contributed by atoms with Crippen LogP contribution in [0.1, 0.15) is 13.3 Å². The molecule has 0 aromatic rings.